The van der Waals surface area contributed by atoms with Crippen LogP contribution in [0.3, 0.4) is 0 Å². The SMILES string of the molecule is CCCCCOc1ccc(C(=O)Nc2sc3c(c2C(=O)OCC)CCN(CC)C3)cc1. The van der Waals surface area contributed by atoms with Gasteiger partial charge >= 0.3 is 5.97 Å². The number of unbranched alkanes of at least 4 members (excludes halogenated alkanes) is 2. The van der Waals surface area contributed by atoms with E-state index in [0.29, 0.717) is 29.3 Å². The molecule has 0 saturated heterocycles. The van der Waals surface area contributed by atoms with Gasteiger partial charge in [0.2, 0.25) is 0 Å². The number of nitrogens with zero attached hydrogens (tertiary/aromatic N) is 1. The van der Waals surface area contributed by atoms with Crippen molar-refractivity contribution < 1.29 is 19.1 Å². The highest BCUT2D eigenvalue weighted by molar-refractivity contribution is 7.17. The number of fused-ring (bicyclic) bond motifs is 1. The number of hydrogen-bond donors (Lipinski definition) is 1. The van der Waals surface area contributed by atoms with Crippen LogP contribution in [0.1, 0.15) is 71.2 Å². The lowest BCUT2D eigenvalue weighted by Crippen LogP contribution is -2.30. The van der Waals surface area contributed by atoms with E-state index in [-0.39, 0.29) is 11.9 Å². The molecule has 2 heterocycles. The van der Waals surface area contributed by atoms with Gasteiger partial charge in [-0.3, -0.25) is 9.69 Å². The summed E-state index contributed by atoms with van der Waals surface area (Å²) in [5, 5.41) is 3.53. The van der Waals surface area contributed by atoms with Crippen molar-refractivity contribution in [2.45, 2.75) is 53.0 Å². The number of nitrogens with one attached hydrogen (secondary N) is 1. The average molecular weight is 445 g/mol. The molecule has 0 radical (unpaired) electrons. The Kier molecular flexibility index (Phi) is 8.49. The molecule has 0 spiro atoms. The lowest BCUT2D eigenvalue weighted by atomic mass is 10.0. The Balaban J connectivity index is 1.74. The fourth-order valence-corrected chi connectivity index (χ4v) is 4.93. The van der Waals surface area contributed by atoms with E-state index >= 15 is 0 Å². The van der Waals surface area contributed by atoms with Gasteiger partial charge in [0, 0.05) is 23.5 Å². The number of carbonyl (C=O) groups excluding carboxylic acids is 2. The number of amides is 1. The molecule has 3 rings (SSSR count). The van der Waals surface area contributed by atoms with Crippen molar-refractivity contribution in [2.24, 2.45) is 0 Å². The smallest absolute Gasteiger partial charge is 0.341 e. The van der Waals surface area contributed by atoms with E-state index in [9.17, 15) is 9.59 Å². The summed E-state index contributed by atoms with van der Waals surface area (Å²) in [7, 11) is 0. The fraction of sp³-hybridized carbons (Fsp3) is 0.500. The predicted molar refractivity (Wildman–Crippen MR) is 124 cm³/mol. The van der Waals surface area contributed by atoms with Crippen LogP contribution < -0.4 is 10.1 Å². The first-order valence-electron chi connectivity index (χ1n) is 11.2. The minimum atomic E-state index is -0.365. The number of thiophene rings is 1. The molecule has 1 amide bonds. The molecule has 1 aromatic heterocycles. The van der Waals surface area contributed by atoms with Crippen LogP contribution in [0.2, 0.25) is 0 Å². The minimum Gasteiger partial charge on any atom is -0.494 e. The molecule has 1 N–H and O–H groups in total. The average Bonchev–Trinajstić information content (AvgIpc) is 3.14. The molecule has 6 nitrogen and oxygen atoms in total. The third-order valence-corrected chi connectivity index (χ3v) is 6.56. The third kappa shape index (κ3) is 5.86. The zero-order valence-corrected chi connectivity index (χ0v) is 19.5. The van der Waals surface area contributed by atoms with E-state index in [1.807, 2.05) is 12.1 Å². The first kappa shape index (κ1) is 23.3. The number of rotatable bonds is 10. The molecule has 0 aliphatic carbocycles. The van der Waals surface area contributed by atoms with Gasteiger partial charge in [-0.25, -0.2) is 4.79 Å². The van der Waals surface area contributed by atoms with Gasteiger partial charge in [-0.2, -0.15) is 0 Å². The fourth-order valence-electron chi connectivity index (χ4n) is 3.65. The second-order valence-electron chi connectivity index (χ2n) is 7.58. The number of carbonyl (C=O) groups is 2. The molecular formula is C24H32N2O4S. The van der Waals surface area contributed by atoms with Crippen LogP contribution in [-0.2, 0) is 17.7 Å². The van der Waals surface area contributed by atoms with Crippen LogP contribution in [0, 0.1) is 0 Å². The number of hydrogen-bond acceptors (Lipinski definition) is 6. The van der Waals surface area contributed by atoms with Crippen molar-refractivity contribution in [3.8, 4) is 5.75 Å². The summed E-state index contributed by atoms with van der Waals surface area (Å²) in [6.07, 6.45) is 4.10. The highest BCUT2D eigenvalue weighted by Crippen LogP contribution is 2.38. The minimum absolute atomic E-state index is 0.242. The van der Waals surface area contributed by atoms with Crippen molar-refractivity contribution >= 4 is 28.2 Å². The number of esters is 1. The zero-order valence-electron chi connectivity index (χ0n) is 18.7. The molecule has 0 bridgehead atoms. The van der Waals surface area contributed by atoms with Crippen LogP contribution in [0.4, 0.5) is 5.00 Å². The highest BCUT2D eigenvalue weighted by atomic mass is 32.1. The summed E-state index contributed by atoms with van der Waals surface area (Å²) in [5.74, 6) is 0.149. The van der Waals surface area contributed by atoms with Crippen molar-refractivity contribution in [2.75, 3.05) is 31.6 Å². The van der Waals surface area contributed by atoms with Crippen LogP contribution >= 0.6 is 11.3 Å². The molecule has 31 heavy (non-hydrogen) atoms. The Morgan fingerprint density at radius 1 is 1.13 bits per heavy atom. The Labute approximate surface area is 188 Å². The van der Waals surface area contributed by atoms with Crippen molar-refractivity contribution in [1.82, 2.24) is 4.90 Å². The second kappa shape index (κ2) is 11.3. The van der Waals surface area contributed by atoms with Gasteiger partial charge in [0.05, 0.1) is 18.8 Å². The van der Waals surface area contributed by atoms with Gasteiger partial charge < -0.3 is 14.8 Å². The van der Waals surface area contributed by atoms with E-state index in [2.05, 4.69) is 24.1 Å². The number of ether oxygens (including phenoxy) is 2. The quantitative estimate of drug-likeness (QED) is 0.407. The van der Waals surface area contributed by atoms with E-state index in [1.54, 1.807) is 19.1 Å². The van der Waals surface area contributed by atoms with Crippen molar-refractivity contribution in [3.05, 3.63) is 45.8 Å². The van der Waals surface area contributed by atoms with Gasteiger partial charge in [0.25, 0.3) is 5.91 Å². The standard InChI is InChI=1S/C24H32N2O4S/c1-4-7-8-15-30-18-11-9-17(10-12-18)22(27)25-23-21(24(28)29-6-3)19-13-14-26(5-2)16-20(19)31-23/h9-12H,4-8,13-16H2,1-3H3,(H,25,27). The van der Waals surface area contributed by atoms with Gasteiger partial charge in [0.15, 0.2) is 0 Å². The largest absolute Gasteiger partial charge is 0.494 e. The van der Waals surface area contributed by atoms with Crippen LogP contribution in [0.5, 0.6) is 5.75 Å². The topological polar surface area (TPSA) is 67.9 Å². The molecule has 0 saturated carbocycles. The first-order valence-corrected chi connectivity index (χ1v) is 12.0. The maximum absolute atomic E-state index is 12.9. The summed E-state index contributed by atoms with van der Waals surface area (Å²) in [4.78, 5) is 29.0. The predicted octanol–water partition coefficient (Wildman–Crippen LogP) is 5.12. The van der Waals surface area contributed by atoms with E-state index in [0.717, 1.165) is 61.5 Å². The van der Waals surface area contributed by atoms with Gasteiger partial charge in [-0.05, 0) is 56.1 Å². The van der Waals surface area contributed by atoms with Crippen LogP contribution in [0.15, 0.2) is 24.3 Å². The van der Waals surface area contributed by atoms with Crippen molar-refractivity contribution in [3.63, 3.8) is 0 Å². The monoisotopic (exact) mass is 444 g/mol. The molecule has 0 unspecified atom stereocenters. The van der Waals surface area contributed by atoms with Gasteiger partial charge in [-0.1, -0.05) is 26.7 Å². The van der Waals surface area contributed by atoms with Crippen LogP contribution in [-0.4, -0.2) is 43.1 Å². The molecule has 1 aliphatic rings. The lowest BCUT2D eigenvalue weighted by molar-refractivity contribution is 0.0526. The Morgan fingerprint density at radius 3 is 2.58 bits per heavy atom. The summed E-state index contributed by atoms with van der Waals surface area (Å²) >= 11 is 1.48. The molecule has 7 heteroatoms. The van der Waals surface area contributed by atoms with Gasteiger partial charge in [0.1, 0.15) is 10.8 Å². The summed E-state index contributed by atoms with van der Waals surface area (Å²) in [6.45, 7) is 9.72. The molecule has 168 valence electrons. The maximum atomic E-state index is 12.9. The Hall–Kier alpha value is -2.38. The second-order valence-corrected chi connectivity index (χ2v) is 8.69. The number of benzene rings is 1. The molecule has 1 aromatic carbocycles. The highest BCUT2D eigenvalue weighted by Gasteiger charge is 2.29. The molecule has 0 atom stereocenters. The summed E-state index contributed by atoms with van der Waals surface area (Å²) < 4.78 is 11.0. The van der Waals surface area contributed by atoms with E-state index < -0.39 is 0 Å². The Bertz CT molecular complexity index is 892. The lowest BCUT2D eigenvalue weighted by Gasteiger charge is -2.25. The Morgan fingerprint density at radius 2 is 1.90 bits per heavy atom. The first-order chi connectivity index (χ1) is 15.1. The normalized spacial score (nSPS) is 13.5. The molecular weight excluding hydrogens is 412 g/mol. The van der Waals surface area contributed by atoms with Gasteiger partial charge in [-0.15, -0.1) is 11.3 Å². The number of anilines is 1. The van der Waals surface area contributed by atoms with Crippen molar-refractivity contribution in [1.29, 1.82) is 0 Å². The number of likely N-dealkylation sites (N-methyl/N-ethyl adjacent to an activating group) is 1. The zero-order chi connectivity index (χ0) is 22.2. The maximum Gasteiger partial charge on any atom is 0.341 e. The molecule has 1 aliphatic heterocycles. The van der Waals surface area contributed by atoms with E-state index in [1.165, 1.54) is 11.3 Å². The van der Waals surface area contributed by atoms with E-state index in [4.69, 9.17) is 9.47 Å². The molecule has 2 aromatic rings. The van der Waals surface area contributed by atoms with Crippen LogP contribution in [0.25, 0.3) is 0 Å². The summed E-state index contributed by atoms with van der Waals surface area (Å²) in [5.41, 5.74) is 2.05. The summed E-state index contributed by atoms with van der Waals surface area (Å²) in [6, 6.07) is 7.12. The third-order valence-electron chi connectivity index (χ3n) is 5.42. The molecule has 0 fully saturated rings.